The number of esters is 2. The average molecular weight is 374 g/mol. The number of anilines is 1. The van der Waals surface area contributed by atoms with Gasteiger partial charge in [0.25, 0.3) is 0 Å². The molecule has 1 heterocycles. The van der Waals surface area contributed by atoms with Crippen LogP contribution in [0.25, 0.3) is 0 Å². The van der Waals surface area contributed by atoms with Gasteiger partial charge in [-0.3, -0.25) is 0 Å². The van der Waals surface area contributed by atoms with E-state index < -0.39 is 11.9 Å². The number of nitrogens with two attached hydrogens (primary N) is 1. The molecule has 2 aromatic rings. The van der Waals surface area contributed by atoms with E-state index in [0.29, 0.717) is 11.3 Å². The van der Waals surface area contributed by atoms with Gasteiger partial charge in [-0.25, -0.2) is 9.59 Å². The molecule has 0 saturated heterocycles. The van der Waals surface area contributed by atoms with Crippen molar-refractivity contribution < 1.29 is 23.8 Å². The summed E-state index contributed by atoms with van der Waals surface area (Å²) in [4.78, 5) is 24.7. The van der Waals surface area contributed by atoms with Gasteiger partial charge in [0, 0.05) is 5.56 Å². The molecule has 2 N–H and O–H groups in total. The third-order valence-electron chi connectivity index (χ3n) is 3.35. The van der Waals surface area contributed by atoms with Crippen molar-refractivity contribution in [2.45, 2.75) is 20.5 Å². The van der Waals surface area contributed by atoms with E-state index in [4.69, 9.17) is 25.2 Å². The first-order chi connectivity index (χ1) is 12.5. The highest BCUT2D eigenvalue weighted by Gasteiger charge is 2.28. The number of hydrogen-bond acceptors (Lipinski definition) is 8. The summed E-state index contributed by atoms with van der Waals surface area (Å²) in [6, 6.07) is 8.69. The number of carbonyl (C=O) groups excluding carboxylic acids is 2. The van der Waals surface area contributed by atoms with Crippen LogP contribution in [-0.2, 0) is 16.1 Å². The Morgan fingerprint density at radius 1 is 1.15 bits per heavy atom. The summed E-state index contributed by atoms with van der Waals surface area (Å²) in [6.07, 6.45) is 0. The second kappa shape index (κ2) is 8.87. The Morgan fingerprint density at radius 2 is 1.81 bits per heavy atom. The fourth-order valence-corrected chi connectivity index (χ4v) is 3.20. The smallest absolute Gasteiger partial charge is 0.348 e. The topological polar surface area (TPSA) is 112 Å². The Kier molecular flexibility index (Phi) is 6.58. The van der Waals surface area contributed by atoms with Gasteiger partial charge in [-0.15, -0.1) is 11.3 Å². The van der Waals surface area contributed by atoms with Crippen molar-refractivity contribution in [3.05, 3.63) is 45.8 Å². The van der Waals surface area contributed by atoms with Crippen LogP contribution >= 0.6 is 11.3 Å². The van der Waals surface area contributed by atoms with Gasteiger partial charge >= 0.3 is 11.9 Å². The highest BCUT2D eigenvalue weighted by Crippen LogP contribution is 2.33. The van der Waals surface area contributed by atoms with Crippen LogP contribution in [0.3, 0.4) is 0 Å². The van der Waals surface area contributed by atoms with E-state index in [1.165, 1.54) is 0 Å². The first-order valence-corrected chi connectivity index (χ1v) is 8.72. The van der Waals surface area contributed by atoms with Crippen LogP contribution in [-0.4, -0.2) is 25.2 Å². The summed E-state index contributed by atoms with van der Waals surface area (Å²) in [6.45, 7) is 3.57. The maximum absolute atomic E-state index is 12.3. The van der Waals surface area contributed by atoms with Crippen LogP contribution in [0.1, 0.15) is 45.0 Å². The molecule has 8 heteroatoms. The molecule has 2 rings (SSSR count). The van der Waals surface area contributed by atoms with Crippen molar-refractivity contribution in [1.29, 1.82) is 5.26 Å². The predicted molar refractivity (Wildman–Crippen MR) is 96.1 cm³/mol. The fraction of sp³-hybridized carbons (Fsp3) is 0.278. The molecule has 1 aromatic heterocycles. The first kappa shape index (κ1) is 19.3. The lowest BCUT2D eigenvalue weighted by Crippen LogP contribution is -2.13. The largest absolute Gasteiger partial charge is 0.487 e. The average Bonchev–Trinajstić information content (AvgIpc) is 2.97. The number of benzene rings is 1. The summed E-state index contributed by atoms with van der Waals surface area (Å²) in [7, 11) is 0. The zero-order valence-electron chi connectivity index (χ0n) is 14.4. The molecule has 0 fully saturated rings. The van der Waals surface area contributed by atoms with E-state index in [-0.39, 0.29) is 40.8 Å². The summed E-state index contributed by atoms with van der Waals surface area (Å²) < 4.78 is 15.7. The highest BCUT2D eigenvalue weighted by molar-refractivity contribution is 7.18. The minimum atomic E-state index is -0.635. The number of nitrogen functional groups attached to an aromatic ring is 1. The second-order valence-corrected chi connectivity index (χ2v) is 6.04. The number of rotatable bonds is 7. The van der Waals surface area contributed by atoms with Crippen LogP contribution in [0, 0.1) is 11.3 Å². The van der Waals surface area contributed by atoms with Crippen LogP contribution in [0.5, 0.6) is 5.75 Å². The van der Waals surface area contributed by atoms with Crippen molar-refractivity contribution in [2.75, 3.05) is 18.9 Å². The molecule has 7 nitrogen and oxygen atoms in total. The standard InChI is InChI=1S/C18H18N2O5S/c1-3-23-17(21)14-12(15(26-16(14)20)18(22)24-4-2)10-25-13-8-6-5-7-11(13)9-19/h5-8H,3-4,10,20H2,1-2H3. The van der Waals surface area contributed by atoms with Gasteiger partial charge in [0.1, 0.15) is 33.9 Å². The minimum absolute atomic E-state index is 0.0920. The summed E-state index contributed by atoms with van der Waals surface area (Å²) >= 11 is 0.946. The summed E-state index contributed by atoms with van der Waals surface area (Å²) in [5.41, 5.74) is 6.65. The monoisotopic (exact) mass is 374 g/mol. The number of nitriles is 1. The lowest BCUT2D eigenvalue weighted by atomic mass is 10.1. The summed E-state index contributed by atoms with van der Waals surface area (Å²) in [5, 5.41) is 9.30. The molecule has 0 saturated carbocycles. The first-order valence-electron chi connectivity index (χ1n) is 7.90. The lowest BCUT2D eigenvalue weighted by Gasteiger charge is -2.10. The van der Waals surface area contributed by atoms with Gasteiger partial charge in [-0.2, -0.15) is 5.26 Å². The van der Waals surface area contributed by atoms with Crippen LogP contribution < -0.4 is 10.5 Å². The third-order valence-corrected chi connectivity index (χ3v) is 4.40. The quantitative estimate of drug-likeness (QED) is 0.741. The van der Waals surface area contributed by atoms with Crippen molar-refractivity contribution in [3.8, 4) is 11.8 Å². The second-order valence-electron chi connectivity index (χ2n) is 4.99. The maximum atomic E-state index is 12.3. The Hall–Kier alpha value is -3.05. The molecule has 0 unspecified atom stereocenters. The van der Waals surface area contributed by atoms with Gasteiger partial charge in [-0.05, 0) is 26.0 Å². The van der Waals surface area contributed by atoms with Crippen molar-refractivity contribution in [1.82, 2.24) is 0 Å². The molecule has 0 atom stereocenters. The molecule has 0 aliphatic rings. The Bertz CT molecular complexity index is 854. The van der Waals surface area contributed by atoms with Gasteiger partial charge in [0.15, 0.2) is 0 Å². The van der Waals surface area contributed by atoms with Gasteiger partial charge in [-0.1, -0.05) is 12.1 Å². The molecule has 0 spiro atoms. The number of ether oxygens (including phenoxy) is 3. The maximum Gasteiger partial charge on any atom is 0.348 e. The Morgan fingerprint density at radius 3 is 2.46 bits per heavy atom. The fourth-order valence-electron chi connectivity index (χ4n) is 2.25. The van der Waals surface area contributed by atoms with Crippen LogP contribution in [0.4, 0.5) is 5.00 Å². The van der Waals surface area contributed by atoms with E-state index in [9.17, 15) is 9.59 Å². The van der Waals surface area contributed by atoms with E-state index in [1.54, 1.807) is 38.1 Å². The Labute approximate surface area is 154 Å². The molecular formula is C18H18N2O5S. The number of para-hydroxylation sites is 1. The normalized spacial score (nSPS) is 10.0. The minimum Gasteiger partial charge on any atom is -0.487 e. The van der Waals surface area contributed by atoms with Crippen molar-refractivity contribution >= 4 is 28.3 Å². The molecule has 1 aromatic carbocycles. The molecule has 0 radical (unpaired) electrons. The lowest BCUT2D eigenvalue weighted by molar-refractivity contribution is 0.0525. The molecular weight excluding hydrogens is 356 g/mol. The number of carbonyl (C=O) groups is 2. The molecule has 136 valence electrons. The van der Waals surface area contributed by atoms with E-state index >= 15 is 0 Å². The zero-order valence-corrected chi connectivity index (χ0v) is 15.2. The number of hydrogen-bond donors (Lipinski definition) is 1. The van der Waals surface area contributed by atoms with E-state index in [2.05, 4.69) is 0 Å². The molecule has 26 heavy (non-hydrogen) atoms. The van der Waals surface area contributed by atoms with E-state index in [1.807, 2.05) is 6.07 Å². The molecule has 0 amide bonds. The highest BCUT2D eigenvalue weighted by atomic mass is 32.1. The van der Waals surface area contributed by atoms with Gasteiger partial charge < -0.3 is 19.9 Å². The molecule has 0 bridgehead atoms. The molecule has 0 aliphatic heterocycles. The van der Waals surface area contributed by atoms with Crippen LogP contribution in [0.15, 0.2) is 24.3 Å². The SMILES string of the molecule is CCOC(=O)c1sc(N)c(C(=O)OCC)c1COc1ccccc1C#N. The number of thiophene rings is 1. The van der Waals surface area contributed by atoms with Gasteiger partial charge in [0.2, 0.25) is 0 Å². The van der Waals surface area contributed by atoms with Crippen LogP contribution in [0.2, 0.25) is 0 Å². The van der Waals surface area contributed by atoms with Crippen molar-refractivity contribution in [2.24, 2.45) is 0 Å². The predicted octanol–water partition coefficient (Wildman–Crippen LogP) is 3.13. The van der Waals surface area contributed by atoms with E-state index in [0.717, 1.165) is 11.3 Å². The van der Waals surface area contributed by atoms with Gasteiger partial charge in [0.05, 0.1) is 18.8 Å². The van der Waals surface area contributed by atoms with Crippen molar-refractivity contribution in [3.63, 3.8) is 0 Å². The Balaban J connectivity index is 2.41. The summed E-state index contributed by atoms with van der Waals surface area (Å²) in [5.74, 6) is -0.889. The zero-order chi connectivity index (χ0) is 19.1. The number of nitrogens with zero attached hydrogens (tertiary/aromatic N) is 1. The molecule has 0 aliphatic carbocycles. The third kappa shape index (κ3) is 4.13.